The van der Waals surface area contributed by atoms with E-state index in [4.69, 9.17) is 10.2 Å². The molecule has 98 valence electrons. The van der Waals surface area contributed by atoms with Gasteiger partial charge in [-0.1, -0.05) is 6.92 Å². The van der Waals surface area contributed by atoms with Crippen molar-refractivity contribution in [3.05, 3.63) is 23.2 Å². The molecule has 0 amide bonds. The first-order valence-electron chi connectivity index (χ1n) is 6.09. The number of rotatable bonds is 7. The van der Waals surface area contributed by atoms with E-state index >= 15 is 0 Å². The fraction of sp³-hybridized carbons (Fsp3) is 0.692. The second-order valence-electron chi connectivity index (χ2n) is 4.46. The Morgan fingerprint density at radius 3 is 2.71 bits per heavy atom. The summed E-state index contributed by atoms with van der Waals surface area (Å²) in [5.74, 6) is 3.09. The SMILES string of the molecule is CCC(CSC)N(C)Cc1cc(C)c(CN)o1. The van der Waals surface area contributed by atoms with E-state index in [9.17, 15) is 0 Å². The highest BCUT2D eigenvalue weighted by molar-refractivity contribution is 7.98. The fourth-order valence-electron chi connectivity index (χ4n) is 1.99. The van der Waals surface area contributed by atoms with Crippen molar-refractivity contribution in [2.75, 3.05) is 19.1 Å². The molecule has 0 aromatic carbocycles. The summed E-state index contributed by atoms with van der Waals surface area (Å²) in [7, 11) is 2.16. The van der Waals surface area contributed by atoms with Gasteiger partial charge in [0.2, 0.25) is 0 Å². The summed E-state index contributed by atoms with van der Waals surface area (Å²) < 4.78 is 5.73. The highest BCUT2D eigenvalue weighted by Gasteiger charge is 2.15. The molecule has 0 aliphatic rings. The van der Waals surface area contributed by atoms with Crippen LogP contribution in [0.15, 0.2) is 10.5 Å². The minimum Gasteiger partial charge on any atom is -0.463 e. The molecule has 0 saturated heterocycles. The fourth-order valence-corrected chi connectivity index (χ4v) is 2.87. The van der Waals surface area contributed by atoms with Gasteiger partial charge in [-0.2, -0.15) is 11.8 Å². The summed E-state index contributed by atoms with van der Waals surface area (Å²) in [4.78, 5) is 2.36. The molecule has 1 aromatic heterocycles. The van der Waals surface area contributed by atoms with Crippen molar-refractivity contribution in [3.8, 4) is 0 Å². The Morgan fingerprint density at radius 1 is 1.53 bits per heavy atom. The lowest BCUT2D eigenvalue weighted by atomic mass is 10.2. The summed E-state index contributed by atoms with van der Waals surface area (Å²) in [5, 5.41) is 0. The zero-order valence-electron chi connectivity index (χ0n) is 11.3. The summed E-state index contributed by atoms with van der Waals surface area (Å²) in [5.41, 5.74) is 6.78. The minimum atomic E-state index is 0.484. The molecule has 0 saturated carbocycles. The van der Waals surface area contributed by atoms with Gasteiger partial charge in [0, 0.05) is 11.8 Å². The van der Waals surface area contributed by atoms with Crippen LogP contribution in [0.5, 0.6) is 0 Å². The molecule has 0 fully saturated rings. The topological polar surface area (TPSA) is 42.4 Å². The molecule has 1 heterocycles. The van der Waals surface area contributed by atoms with Crippen molar-refractivity contribution in [2.24, 2.45) is 5.73 Å². The second-order valence-corrected chi connectivity index (χ2v) is 5.37. The smallest absolute Gasteiger partial charge is 0.120 e. The predicted octanol–water partition coefficient (Wildman–Crippen LogP) is 2.62. The molecule has 1 unspecified atom stereocenters. The molecule has 0 aliphatic heterocycles. The molecular formula is C13H24N2OS. The number of hydrogen-bond donors (Lipinski definition) is 1. The van der Waals surface area contributed by atoms with Crippen molar-refractivity contribution in [2.45, 2.75) is 39.4 Å². The van der Waals surface area contributed by atoms with Gasteiger partial charge in [-0.15, -0.1) is 0 Å². The van der Waals surface area contributed by atoms with Crippen molar-refractivity contribution >= 4 is 11.8 Å². The van der Waals surface area contributed by atoms with Gasteiger partial charge in [-0.3, -0.25) is 4.90 Å². The van der Waals surface area contributed by atoms with E-state index in [0.717, 1.165) is 29.4 Å². The molecule has 1 aromatic rings. The molecule has 0 spiro atoms. The Balaban J connectivity index is 2.62. The molecular weight excluding hydrogens is 232 g/mol. The van der Waals surface area contributed by atoms with Crippen LogP contribution in [-0.4, -0.2) is 30.0 Å². The van der Waals surface area contributed by atoms with E-state index in [0.29, 0.717) is 12.6 Å². The average Bonchev–Trinajstić information content (AvgIpc) is 2.66. The molecule has 4 heteroatoms. The highest BCUT2D eigenvalue weighted by Crippen LogP contribution is 2.17. The van der Waals surface area contributed by atoms with Gasteiger partial charge in [0.25, 0.3) is 0 Å². The van der Waals surface area contributed by atoms with E-state index in [1.165, 1.54) is 6.42 Å². The Kier molecular flexibility index (Phi) is 6.09. The standard InChI is InChI=1S/C13H24N2OS/c1-5-11(9-17-4)15(3)8-12-6-10(2)13(7-14)16-12/h6,11H,5,7-9,14H2,1-4H3. The lowest BCUT2D eigenvalue weighted by molar-refractivity contribution is 0.226. The number of thioether (sulfide) groups is 1. The van der Waals surface area contributed by atoms with Crippen LogP contribution in [0.3, 0.4) is 0 Å². The molecule has 3 nitrogen and oxygen atoms in total. The maximum absolute atomic E-state index is 5.73. The molecule has 0 radical (unpaired) electrons. The van der Waals surface area contributed by atoms with E-state index in [-0.39, 0.29) is 0 Å². The first kappa shape index (κ1) is 14.6. The molecule has 2 N–H and O–H groups in total. The lowest BCUT2D eigenvalue weighted by Gasteiger charge is -2.25. The van der Waals surface area contributed by atoms with E-state index in [1.54, 1.807) is 0 Å². The summed E-state index contributed by atoms with van der Waals surface area (Å²) in [6, 6.07) is 2.71. The van der Waals surface area contributed by atoms with Gasteiger partial charge in [-0.25, -0.2) is 0 Å². The number of nitrogens with two attached hydrogens (primary N) is 1. The van der Waals surface area contributed by atoms with Crippen molar-refractivity contribution in [1.82, 2.24) is 4.90 Å². The molecule has 1 atom stereocenters. The Bertz CT molecular complexity index is 338. The van der Waals surface area contributed by atoms with Crippen LogP contribution >= 0.6 is 11.8 Å². The maximum Gasteiger partial charge on any atom is 0.120 e. The number of furan rings is 1. The van der Waals surface area contributed by atoms with Crippen LogP contribution in [0.25, 0.3) is 0 Å². The summed E-state index contributed by atoms with van der Waals surface area (Å²) in [6.07, 6.45) is 3.32. The zero-order valence-corrected chi connectivity index (χ0v) is 12.1. The monoisotopic (exact) mass is 256 g/mol. The van der Waals surface area contributed by atoms with Crippen molar-refractivity contribution in [3.63, 3.8) is 0 Å². The number of aryl methyl sites for hydroxylation is 1. The van der Waals surface area contributed by atoms with Crippen molar-refractivity contribution in [1.29, 1.82) is 0 Å². The van der Waals surface area contributed by atoms with Gasteiger partial charge < -0.3 is 10.2 Å². The third-order valence-corrected chi connectivity index (χ3v) is 3.83. The van der Waals surface area contributed by atoms with Gasteiger partial charge in [0.1, 0.15) is 11.5 Å². The maximum atomic E-state index is 5.73. The molecule has 0 bridgehead atoms. The zero-order chi connectivity index (χ0) is 12.8. The van der Waals surface area contributed by atoms with Gasteiger partial charge >= 0.3 is 0 Å². The molecule has 17 heavy (non-hydrogen) atoms. The Hall–Kier alpha value is -0.450. The largest absolute Gasteiger partial charge is 0.463 e. The Labute approximate surface area is 109 Å². The van der Waals surface area contributed by atoms with Crippen LogP contribution in [0.4, 0.5) is 0 Å². The number of nitrogens with zero attached hydrogens (tertiary/aromatic N) is 1. The van der Waals surface area contributed by atoms with Crippen LogP contribution < -0.4 is 5.73 Å². The van der Waals surface area contributed by atoms with Gasteiger partial charge in [0.05, 0.1) is 13.1 Å². The molecule has 1 rings (SSSR count). The highest BCUT2D eigenvalue weighted by atomic mass is 32.2. The second kappa shape index (κ2) is 7.09. The normalized spacial score (nSPS) is 13.3. The summed E-state index contributed by atoms with van der Waals surface area (Å²) >= 11 is 1.89. The van der Waals surface area contributed by atoms with Crippen LogP contribution in [-0.2, 0) is 13.1 Å². The Morgan fingerprint density at radius 2 is 2.24 bits per heavy atom. The first-order valence-corrected chi connectivity index (χ1v) is 7.49. The van der Waals surface area contributed by atoms with E-state index < -0.39 is 0 Å². The van der Waals surface area contributed by atoms with E-state index in [1.807, 2.05) is 18.7 Å². The van der Waals surface area contributed by atoms with Gasteiger partial charge in [0.15, 0.2) is 0 Å². The molecule has 0 aliphatic carbocycles. The van der Waals surface area contributed by atoms with Crippen LogP contribution in [0, 0.1) is 6.92 Å². The third-order valence-electron chi connectivity index (χ3n) is 3.12. The lowest BCUT2D eigenvalue weighted by Crippen LogP contribution is -2.32. The van der Waals surface area contributed by atoms with E-state index in [2.05, 4.69) is 31.2 Å². The van der Waals surface area contributed by atoms with Crippen LogP contribution in [0.1, 0.15) is 30.4 Å². The summed E-state index contributed by atoms with van der Waals surface area (Å²) in [6.45, 7) is 5.63. The van der Waals surface area contributed by atoms with Crippen LogP contribution in [0.2, 0.25) is 0 Å². The quantitative estimate of drug-likeness (QED) is 0.814. The van der Waals surface area contributed by atoms with Crippen molar-refractivity contribution < 1.29 is 4.42 Å². The third kappa shape index (κ3) is 4.05. The predicted molar refractivity (Wildman–Crippen MR) is 75.3 cm³/mol. The van der Waals surface area contributed by atoms with Gasteiger partial charge in [-0.05, 0) is 38.3 Å². The minimum absolute atomic E-state index is 0.484. The first-order chi connectivity index (χ1) is 8.12. The average molecular weight is 256 g/mol. The number of hydrogen-bond acceptors (Lipinski definition) is 4.